The number of likely N-dealkylation sites (tertiary alicyclic amines) is 1. The average molecular weight is 523 g/mol. The van der Waals surface area contributed by atoms with Crippen molar-refractivity contribution in [2.24, 2.45) is 11.8 Å². The number of anilines is 1. The molecular weight excluding hydrogens is 484 g/mol. The lowest BCUT2D eigenvalue weighted by atomic mass is 9.74. The van der Waals surface area contributed by atoms with Crippen molar-refractivity contribution in [3.8, 4) is 0 Å². The van der Waals surface area contributed by atoms with Crippen LogP contribution in [0.2, 0.25) is 0 Å². The van der Waals surface area contributed by atoms with Gasteiger partial charge in [0.05, 0.1) is 18.1 Å². The number of rotatable bonds is 6. The number of nitrogens with zero attached hydrogens (tertiary/aromatic N) is 2. The van der Waals surface area contributed by atoms with Crippen molar-refractivity contribution in [3.05, 3.63) is 53.6 Å². The Morgan fingerprint density at radius 1 is 1.00 bits per heavy atom. The lowest BCUT2D eigenvalue weighted by Crippen LogP contribution is -2.56. The molecule has 8 heteroatoms. The van der Waals surface area contributed by atoms with Crippen LogP contribution in [-0.2, 0) is 23.9 Å². The fourth-order valence-corrected chi connectivity index (χ4v) is 6.88. The molecule has 0 aromatic heterocycles. The summed E-state index contributed by atoms with van der Waals surface area (Å²) in [6.45, 7) is 6.84. The van der Waals surface area contributed by atoms with E-state index in [1.807, 2.05) is 63.3 Å². The largest absolute Gasteiger partial charge is 0.465 e. The molecule has 0 aliphatic carbocycles. The predicted molar refractivity (Wildman–Crippen MR) is 142 cm³/mol. The summed E-state index contributed by atoms with van der Waals surface area (Å²) in [5.41, 5.74) is 0.407. The van der Waals surface area contributed by atoms with Gasteiger partial charge in [0.1, 0.15) is 17.6 Å². The molecule has 1 aromatic carbocycles. The maximum absolute atomic E-state index is 14.5. The summed E-state index contributed by atoms with van der Waals surface area (Å²) in [6, 6.07) is 5.01. The molecule has 5 atom stereocenters. The number of aliphatic hydroxyl groups excluding tert-OH is 1. The molecule has 2 saturated heterocycles. The first-order chi connectivity index (χ1) is 18.2. The summed E-state index contributed by atoms with van der Waals surface area (Å²) in [5.74, 6) is -2.65. The number of carbonyl (C=O) groups is 3. The monoisotopic (exact) mass is 522 g/mol. The van der Waals surface area contributed by atoms with Gasteiger partial charge in [-0.25, -0.2) is 0 Å². The zero-order valence-corrected chi connectivity index (χ0v) is 22.5. The highest BCUT2D eigenvalue weighted by molar-refractivity contribution is 6.06. The SMILES string of the molecule is Cc1cccc(C)c1N1CC=C[C@]23O[C@]4(C)/C=C\CCCOC(=O)[C@@H]4[C@H]2C(=O)N(CCCCCO)C3C1=O. The van der Waals surface area contributed by atoms with Crippen molar-refractivity contribution in [1.82, 2.24) is 4.90 Å². The fraction of sp³-hybridized carbons (Fsp3) is 0.567. The Labute approximate surface area is 224 Å². The van der Waals surface area contributed by atoms with Crippen molar-refractivity contribution < 1.29 is 29.0 Å². The quantitative estimate of drug-likeness (QED) is 0.350. The lowest BCUT2D eigenvalue weighted by Gasteiger charge is -2.38. The van der Waals surface area contributed by atoms with Crippen LogP contribution in [0.4, 0.5) is 5.69 Å². The van der Waals surface area contributed by atoms with Crippen molar-refractivity contribution in [3.63, 3.8) is 0 Å². The van der Waals surface area contributed by atoms with E-state index in [2.05, 4.69) is 0 Å². The van der Waals surface area contributed by atoms with Crippen molar-refractivity contribution >= 4 is 23.5 Å². The van der Waals surface area contributed by atoms with Gasteiger partial charge in [-0.05, 0) is 64.0 Å². The van der Waals surface area contributed by atoms with Gasteiger partial charge in [0.2, 0.25) is 5.91 Å². The van der Waals surface area contributed by atoms with E-state index >= 15 is 0 Å². The summed E-state index contributed by atoms with van der Waals surface area (Å²) in [5, 5.41) is 9.25. The first-order valence-electron chi connectivity index (χ1n) is 13.8. The van der Waals surface area contributed by atoms with Crippen LogP contribution < -0.4 is 4.90 Å². The molecule has 0 saturated carbocycles. The highest BCUT2D eigenvalue weighted by atomic mass is 16.6. The van der Waals surface area contributed by atoms with Gasteiger partial charge < -0.3 is 24.4 Å². The number of benzene rings is 1. The molecule has 4 aliphatic heterocycles. The smallest absolute Gasteiger partial charge is 0.313 e. The topological polar surface area (TPSA) is 96.4 Å². The van der Waals surface area contributed by atoms with E-state index in [9.17, 15) is 19.5 Å². The summed E-state index contributed by atoms with van der Waals surface area (Å²) in [6.07, 6.45) is 11.1. The van der Waals surface area contributed by atoms with E-state index in [-0.39, 0.29) is 25.0 Å². The first kappa shape index (κ1) is 26.6. The minimum Gasteiger partial charge on any atom is -0.465 e. The molecule has 1 N–H and O–H groups in total. The van der Waals surface area contributed by atoms with Crippen LogP contribution in [0, 0.1) is 25.7 Å². The van der Waals surface area contributed by atoms with Crippen LogP contribution in [0.25, 0.3) is 0 Å². The predicted octanol–water partition coefficient (Wildman–Crippen LogP) is 3.23. The van der Waals surface area contributed by atoms with Gasteiger partial charge in [-0.2, -0.15) is 0 Å². The number of ether oxygens (including phenoxy) is 2. The number of amides is 2. The number of cyclic esters (lactones) is 1. The Balaban J connectivity index is 1.62. The molecule has 0 radical (unpaired) electrons. The minimum atomic E-state index is -1.29. The van der Waals surface area contributed by atoms with Gasteiger partial charge in [-0.1, -0.05) is 42.5 Å². The zero-order chi connectivity index (χ0) is 27.1. The van der Waals surface area contributed by atoms with Crippen LogP contribution in [0.3, 0.4) is 0 Å². The molecule has 1 unspecified atom stereocenters. The van der Waals surface area contributed by atoms with Gasteiger partial charge in [0.15, 0.2) is 0 Å². The molecular formula is C30H38N2O6. The number of allylic oxidation sites excluding steroid dienone is 1. The Kier molecular flexibility index (Phi) is 7.22. The number of para-hydroxylation sites is 1. The van der Waals surface area contributed by atoms with Crippen LogP contribution in [0.5, 0.6) is 0 Å². The molecule has 1 aromatic rings. The van der Waals surface area contributed by atoms with E-state index in [4.69, 9.17) is 9.47 Å². The normalized spacial score (nSPS) is 33.6. The second-order valence-corrected chi connectivity index (χ2v) is 11.1. The fourth-order valence-electron chi connectivity index (χ4n) is 6.88. The van der Waals surface area contributed by atoms with E-state index in [0.29, 0.717) is 32.4 Å². The van der Waals surface area contributed by atoms with E-state index < -0.39 is 35.0 Å². The Bertz CT molecular complexity index is 1160. The maximum atomic E-state index is 14.5. The van der Waals surface area contributed by atoms with Crippen LogP contribution in [-0.4, -0.2) is 71.3 Å². The average Bonchev–Trinajstić information content (AvgIpc) is 3.22. The molecule has 4 aliphatic rings. The molecule has 204 valence electrons. The van der Waals surface area contributed by atoms with E-state index in [1.165, 1.54) is 0 Å². The molecule has 5 rings (SSSR count). The number of aliphatic hydroxyl groups is 1. The van der Waals surface area contributed by atoms with E-state index in [0.717, 1.165) is 29.7 Å². The number of esters is 1. The second kappa shape index (κ2) is 10.3. The molecule has 2 amide bonds. The zero-order valence-electron chi connectivity index (χ0n) is 22.5. The van der Waals surface area contributed by atoms with E-state index in [1.54, 1.807) is 9.80 Å². The first-order valence-corrected chi connectivity index (χ1v) is 13.8. The molecule has 8 nitrogen and oxygen atoms in total. The number of aryl methyl sites for hydroxylation is 2. The van der Waals surface area contributed by atoms with Crippen LogP contribution in [0.1, 0.15) is 50.2 Å². The maximum Gasteiger partial charge on any atom is 0.313 e. The Hall–Kier alpha value is -2.97. The van der Waals surface area contributed by atoms with Gasteiger partial charge in [-0.3, -0.25) is 14.4 Å². The third-order valence-electron chi connectivity index (χ3n) is 8.52. The Morgan fingerprint density at radius 3 is 2.50 bits per heavy atom. The van der Waals surface area contributed by atoms with Crippen molar-refractivity contribution in [2.45, 2.75) is 70.1 Å². The summed E-state index contributed by atoms with van der Waals surface area (Å²) >= 11 is 0. The summed E-state index contributed by atoms with van der Waals surface area (Å²) < 4.78 is 12.5. The van der Waals surface area contributed by atoms with Gasteiger partial charge >= 0.3 is 5.97 Å². The summed E-state index contributed by atoms with van der Waals surface area (Å²) in [4.78, 5) is 45.6. The lowest BCUT2D eigenvalue weighted by molar-refractivity contribution is -0.158. The van der Waals surface area contributed by atoms with Gasteiger partial charge in [0, 0.05) is 25.4 Å². The van der Waals surface area contributed by atoms with Crippen molar-refractivity contribution in [2.75, 3.05) is 31.2 Å². The minimum absolute atomic E-state index is 0.0770. The van der Waals surface area contributed by atoms with Gasteiger partial charge in [-0.15, -0.1) is 0 Å². The number of hydrogen-bond acceptors (Lipinski definition) is 6. The molecule has 4 heterocycles. The van der Waals surface area contributed by atoms with Crippen molar-refractivity contribution in [1.29, 1.82) is 0 Å². The number of unbranched alkanes of at least 4 members (excludes halogenated alkanes) is 2. The number of carbonyl (C=O) groups excluding carboxylic acids is 3. The third-order valence-corrected chi connectivity index (χ3v) is 8.52. The summed E-state index contributed by atoms with van der Waals surface area (Å²) in [7, 11) is 0. The Morgan fingerprint density at radius 2 is 1.76 bits per heavy atom. The highest BCUT2D eigenvalue weighted by Gasteiger charge is 2.74. The number of fused-ring (bicyclic) bond motifs is 2. The molecule has 2 fully saturated rings. The second-order valence-electron chi connectivity index (χ2n) is 11.1. The van der Waals surface area contributed by atoms with Crippen LogP contribution >= 0.6 is 0 Å². The van der Waals surface area contributed by atoms with Crippen LogP contribution in [0.15, 0.2) is 42.5 Å². The van der Waals surface area contributed by atoms with Gasteiger partial charge in [0.25, 0.3) is 5.91 Å². The standard InChI is InChI=1S/C30H38N2O6/c1-20-12-10-13-21(2)24(20)31-17-11-15-30-22(23-28(36)37-19-9-4-6-14-29(23,3)38-30)26(34)32(25(30)27(31)35)16-7-5-8-18-33/h6,10-15,22-23,25,33H,4-5,7-9,16-19H2,1-3H3/b14-6-/t22-,23-,25?,29+,30-/m0/s1. The molecule has 0 bridgehead atoms. The molecule has 38 heavy (non-hydrogen) atoms. The molecule has 1 spiro atoms. The number of hydrogen-bond donors (Lipinski definition) is 1. The third kappa shape index (κ3) is 4.18. The highest BCUT2D eigenvalue weighted by Crippen LogP contribution is 2.57.